The van der Waals surface area contributed by atoms with Gasteiger partial charge in [0.2, 0.25) is 0 Å². The van der Waals surface area contributed by atoms with Crippen molar-refractivity contribution in [3.05, 3.63) is 84.2 Å². The number of benzene rings is 2. The molecule has 0 aliphatic carbocycles. The first kappa shape index (κ1) is 13.8. The molecule has 0 spiro atoms. The fourth-order valence-corrected chi connectivity index (χ4v) is 2.15. The first-order valence-electron chi connectivity index (χ1n) is 6.97. The van der Waals surface area contributed by atoms with Crippen molar-refractivity contribution in [3.8, 4) is 22.9 Å². The molecule has 106 valence electrons. The van der Waals surface area contributed by atoms with Gasteiger partial charge in [0.1, 0.15) is 18.4 Å². The number of ether oxygens (including phenoxy) is 1. The van der Waals surface area contributed by atoms with Crippen molar-refractivity contribution in [3.63, 3.8) is 0 Å². The van der Waals surface area contributed by atoms with Crippen LogP contribution in [0, 0.1) is 11.3 Å². The summed E-state index contributed by atoms with van der Waals surface area (Å²) in [5, 5.41) is 8.84. The van der Waals surface area contributed by atoms with Gasteiger partial charge in [0.05, 0.1) is 11.8 Å². The molecule has 2 aromatic carbocycles. The molecule has 0 N–H and O–H groups in total. The molecule has 0 bridgehead atoms. The second-order valence-electron chi connectivity index (χ2n) is 4.87. The van der Waals surface area contributed by atoms with E-state index in [-0.39, 0.29) is 0 Å². The summed E-state index contributed by atoms with van der Waals surface area (Å²) >= 11 is 0. The van der Waals surface area contributed by atoms with Gasteiger partial charge in [0, 0.05) is 12.3 Å². The van der Waals surface area contributed by atoms with Gasteiger partial charge in [-0.2, -0.15) is 5.26 Å². The maximum Gasteiger partial charge on any atom is 0.139 e. The Balaban J connectivity index is 1.68. The normalized spacial score (nSPS) is 9.95. The first-order chi connectivity index (χ1) is 10.8. The SMILES string of the molecule is N#Cc1cncc(OCc2ccc(-c3ccccc3)cc2)c1. The largest absolute Gasteiger partial charge is 0.487 e. The highest BCUT2D eigenvalue weighted by Gasteiger charge is 2.00. The van der Waals surface area contributed by atoms with Crippen LogP contribution in [-0.2, 0) is 6.61 Å². The lowest BCUT2D eigenvalue weighted by Crippen LogP contribution is -1.96. The van der Waals surface area contributed by atoms with Crippen LogP contribution in [-0.4, -0.2) is 4.98 Å². The summed E-state index contributed by atoms with van der Waals surface area (Å²) in [4.78, 5) is 3.97. The molecule has 0 saturated carbocycles. The molecule has 22 heavy (non-hydrogen) atoms. The zero-order chi connectivity index (χ0) is 15.2. The number of rotatable bonds is 4. The Morgan fingerprint density at radius 3 is 2.36 bits per heavy atom. The molecule has 0 unspecified atom stereocenters. The van der Waals surface area contributed by atoms with E-state index in [4.69, 9.17) is 10.00 Å². The monoisotopic (exact) mass is 286 g/mol. The molecular weight excluding hydrogens is 272 g/mol. The second-order valence-corrected chi connectivity index (χ2v) is 4.87. The molecule has 3 nitrogen and oxygen atoms in total. The third kappa shape index (κ3) is 3.31. The van der Waals surface area contributed by atoms with Crippen LogP contribution < -0.4 is 4.74 Å². The summed E-state index contributed by atoms with van der Waals surface area (Å²) in [5.74, 6) is 0.603. The highest BCUT2D eigenvalue weighted by atomic mass is 16.5. The Hall–Kier alpha value is -3.12. The van der Waals surface area contributed by atoms with E-state index < -0.39 is 0 Å². The number of nitrogens with zero attached hydrogens (tertiary/aromatic N) is 2. The molecule has 3 aromatic rings. The molecule has 0 aliphatic rings. The van der Waals surface area contributed by atoms with Crippen molar-refractivity contribution in [1.29, 1.82) is 5.26 Å². The molecule has 3 rings (SSSR count). The van der Waals surface area contributed by atoms with Crippen molar-refractivity contribution in [1.82, 2.24) is 4.98 Å². The standard InChI is InChI=1S/C19H14N2O/c20-11-16-10-19(13-21-12-16)22-14-15-6-8-18(9-7-15)17-4-2-1-3-5-17/h1-10,12-13H,14H2. The molecule has 0 radical (unpaired) electrons. The van der Waals surface area contributed by atoms with Crippen molar-refractivity contribution in [2.75, 3.05) is 0 Å². The van der Waals surface area contributed by atoms with Crippen molar-refractivity contribution >= 4 is 0 Å². The van der Waals surface area contributed by atoms with Gasteiger partial charge in [-0.05, 0) is 16.7 Å². The maximum atomic E-state index is 8.84. The predicted molar refractivity (Wildman–Crippen MR) is 85.2 cm³/mol. The molecule has 0 fully saturated rings. The fourth-order valence-electron chi connectivity index (χ4n) is 2.15. The van der Waals surface area contributed by atoms with Crippen molar-refractivity contribution in [2.45, 2.75) is 6.61 Å². The van der Waals surface area contributed by atoms with Gasteiger partial charge in [-0.3, -0.25) is 4.98 Å². The minimum atomic E-state index is 0.450. The van der Waals surface area contributed by atoms with E-state index in [1.807, 2.05) is 36.4 Å². The quantitative estimate of drug-likeness (QED) is 0.722. The van der Waals surface area contributed by atoms with Gasteiger partial charge in [-0.25, -0.2) is 0 Å². The lowest BCUT2D eigenvalue weighted by Gasteiger charge is -2.07. The maximum absolute atomic E-state index is 8.84. The molecule has 0 aliphatic heterocycles. The summed E-state index contributed by atoms with van der Waals surface area (Å²) in [7, 11) is 0. The van der Waals surface area contributed by atoms with Gasteiger partial charge in [-0.1, -0.05) is 54.6 Å². The highest BCUT2D eigenvalue weighted by molar-refractivity contribution is 5.63. The molecular formula is C19H14N2O. The van der Waals surface area contributed by atoms with E-state index in [1.165, 1.54) is 17.3 Å². The van der Waals surface area contributed by atoms with Crippen LogP contribution in [0.4, 0.5) is 0 Å². The van der Waals surface area contributed by atoms with Crippen LogP contribution in [0.1, 0.15) is 11.1 Å². The number of nitriles is 1. The zero-order valence-corrected chi connectivity index (χ0v) is 11.9. The zero-order valence-electron chi connectivity index (χ0n) is 11.9. The first-order valence-corrected chi connectivity index (χ1v) is 6.97. The lowest BCUT2D eigenvalue weighted by molar-refractivity contribution is 0.305. The minimum Gasteiger partial charge on any atom is -0.487 e. The van der Waals surface area contributed by atoms with Crippen LogP contribution >= 0.6 is 0 Å². The third-order valence-corrected chi connectivity index (χ3v) is 3.31. The summed E-state index contributed by atoms with van der Waals surface area (Å²) in [5.41, 5.74) is 3.94. The van der Waals surface area contributed by atoms with E-state index in [2.05, 4.69) is 29.2 Å². The Kier molecular flexibility index (Phi) is 4.12. The Bertz CT molecular complexity index is 790. The minimum absolute atomic E-state index is 0.450. The summed E-state index contributed by atoms with van der Waals surface area (Å²) in [6, 6.07) is 22.2. The Morgan fingerprint density at radius 2 is 1.64 bits per heavy atom. The van der Waals surface area contributed by atoms with Gasteiger partial charge in [0.15, 0.2) is 0 Å². The molecule has 0 amide bonds. The fraction of sp³-hybridized carbons (Fsp3) is 0.0526. The van der Waals surface area contributed by atoms with Crippen LogP contribution in [0.25, 0.3) is 11.1 Å². The highest BCUT2D eigenvalue weighted by Crippen LogP contribution is 2.20. The average Bonchev–Trinajstić information content (AvgIpc) is 2.61. The summed E-state index contributed by atoms with van der Waals surface area (Å²) in [6.45, 7) is 0.450. The predicted octanol–water partition coefficient (Wildman–Crippen LogP) is 4.20. The third-order valence-electron chi connectivity index (χ3n) is 3.31. The van der Waals surface area contributed by atoms with Crippen LogP contribution in [0.3, 0.4) is 0 Å². The van der Waals surface area contributed by atoms with Crippen molar-refractivity contribution in [2.24, 2.45) is 0 Å². The Morgan fingerprint density at radius 1 is 0.909 bits per heavy atom. The van der Waals surface area contributed by atoms with E-state index in [0.717, 1.165) is 5.56 Å². The van der Waals surface area contributed by atoms with E-state index in [1.54, 1.807) is 12.3 Å². The van der Waals surface area contributed by atoms with E-state index in [0.29, 0.717) is 17.9 Å². The molecule has 1 aromatic heterocycles. The molecule has 0 atom stereocenters. The number of aromatic nitrogens is 1. The van der Waals surface area contributed by atoms with Gasteiger partial charge in [0.25, 0.3) is 0 Å². The topological polar surface area (TPSA) is 45.9 Å². The summed E-state index contributed by atoms with van der Waals surface area (Å²) < 4.78 is 5.67. The van der Waals surface area contributed by atoms with Crippen molar-refractivity contribution < 1.29 is 4.74 Å². The molecule has 1 heterocycles. The van der Waals surface area contributed by atoms with Crippen LogP contribution in [0.15, 0.2) is 73.1 Å². The van der Waals surface area contributed by atoms with Crippen LogP contribution in [0.2, 0.25) is 0 Å². The smallest absolute Gasteiger partial charge is 0.139 e. The second kappa shape index (κ2) is 6.55. The molecule has 3 heteroatoms. The number of hydrogen-bond donors (Lipinski definition) is 0. The van der Waals surface area contributed by atoms with E-state index >= 15 is 0 Å². The number of pyridine rings is 1. The summed E-state index contributed by atoms with van der Waals surface area (Å²) in [6.07, 6.45) is 3.13. The lowest BCUT2D eigenvalue weighted by atomic mass is 10.0. The van der Waals surface area contributed by atoms with Gasteiger partial charge in [-0.15, -0.1) is 0 Å². The van der Waals surface area contributed by atoms with Crippen LogP contribution in [0.5, 0.6) is 5.75 Å². The Labute approximate surface area is 129 Å². The van der Waals surface area contributed by atoms with E-state index in [9.17, 15) is 0 Å². The number of hydrogen-bond acceptors (Lipinski definition) is 3. The molecule has 0 saturated heterocycles. The van der Waals surface area contributed by atoms with Gasteiger partial charge < -0.3 is 4.74 Å². The van der Waals surface area contributed by atoms with Gasteiger partial charge >= 0.3 is 0 Å². The average molecular weight is 286 g/mol.